The first-order valence-electron chi connectivity index (χ1n) is 5.36. The Bertz CT molecular complexity index is 608. The molecule has 0 spiro atoms. The van der Waals surface area contributed by atoms with E-state index in [1.165, 1.54) is 6.21 Å². The predicted octanol–water partition coefficient (Wildman–Crippen LogP) is 1.85. The predicted molar refractivity (Wildman–Crippen MR) is 70.8 cm³/mol. The maximum Gasteiger partial charge on any atom is 0.332 e. The van der Waals surface area contributed by atoms with Gasteiger partial charge >= 0.3 is 6.03 Å². The summed E-state index contributed by atoms with van der Waals surface area (Å²) >= 11 is 0. The summed E-state index contributed by atoms with van der Waals surface area (Å²) in [5, 5.41) is 5.83. The Hall–Kier alpha value is -2.56. The van der Waals surface area contributed by atoms with Crippen LogP contribution in [0.15, 0.2) is 41.5 Å². The monoisotopic (exact) mass is 243 g/mol. The van der Waals surface area contributed by atoms with Crippen LogP contribution in [0.25, 0.3) is 10.8 Å². The van der Waals surface area contributed by atoms with Crippen LogP contribution in [0.1, 0.15) is 5.56 Å². The molecule has 0 radical (unpaired) electrons. The molecule has 18 heavy (non-hydrogen) atoms. The molecular formula is C13H13N3O2. The number of nitrogens with one attached hydrogen (secondary N) is 1. The zero-order valence-corrected chi connectivity index (χ0v) is 9.88. The van der Waals surface area contributed by atoms with Crippen molar-refractivity contribution in [3.63, 3.8) is 0 Å². The number of carbonyl (C=O) groups excluding carboxylic acids is 1. The first kappa shape index (κ1) is 11.9. The smallest absolute Gasteiger partial charge is 0.332 e. The van der Waals surface area contributed by atoms with Crippen molar-refractivity contribution >= 4 is 23.0 Å². The van der Waals surface area contributed by atoms with E-state index < -0.39 is 6.03 Å². The first-order valence-corrected chi connectivity index (χ1v) is 5.36. The van der Waals surface area contributed by atoms with Crippen LogP contribution in [-0.2, 0) is 0 Å². The summed E-state index contributed by atoms with van der Waals surface area (Å²) in [6, 6.07) is 11.0. The number of carbonyl (C=O) groups is 1. The summed E-state index contributed by atoms with van der Waals surface area (Å²) in [6.45, 7) is 0. The lowest BCUT2D eigenvalue weighted by molar-refractivity contribution is 0.249. The molecule has 2 rings (SSSR count). The molecule has 0 bridgehead atoms. The van der Waals surface area contributed by atoms with Crippen molar-refractivity contribution < 1.29 is 9.53 Å². The quantitative estimate of drug-likeness (QED) is 0.637. The van der Waals surface area contributed by atoms with E-state index in [-0.39, 0.29) is 0 Å². The average Bonchev–Trinajstić information content (AvgIpc) is 2.38. The van der Waals surface area contributed by atoms with Crippen molar-refractivity contribution in [2.45, 2.75) is 0 Å². The van der Waals surface area contributed by atoms with Gasteiger partial charge in [0.25, 0.3) is 0 Å². The number of nitrogens with zero attached hydrogens (tertiary/aromatic N) is 1. The van der Waals surface area contributed by atoms with Gasteiger partial charge in [0, 0.05) is 5.56 Å². The lowest BCUT2D eigenvalue weighted by Gasteiger charge is -2.08. The minimum Gasteiger partial charge on any atom is -0.496 e. The lowest BCUT2D eigenvalue weighted by atomic mass is 10.0. The molecule has 92 valence electrons. The maximum atomic E-state index is 10.6. The largest absolute Gasteiger partial charge is 0.496 e. The van der Waals surface area contributed by atoms with Crippen LogP contribution in [0.4, 0.5) is 4.79 Å². The molecule has 3 N–H and O–H groups in total. The number of fused-ring (bicyclic) bond motifs is 1. The van der Waals surface area contributed by atoms with Gasteiger partial charge in [-0.3, -0.25) is 0 Å². The number of ether oxygens (including phenoxy) is 1. The fraction of sp³-hybridized carbons (Fsp3) is 0.0769. The number of rotatable bonds is 3. The number of urea groups is 1. The maximum absolute atomic E-state index is 10.6. The van der Waals surface area contributed by atoms with Crippen molar-refractivity contribution in [2.75, 3.05) is 7.11 Å². The van der Waals surface area contributed by atoms with Crippen molar-refractivity contribution in [1.29, 1.82) is 0 Å². The van der Waals surface area contributed by atoms with Gasteiger partial charge in [-0.15, -0.1) is 0 Å². The molecule has 2 amide bonds. The number of hydrogen-bond donors (Lipinski definition) is 2. The van der Waals surface area contributed by atoms with E-state index in [0.29, 0.717) is 5.75 Å². The molecule has 0 saturated heterocycles. The second kappa shape index (κ2) is 5.18. The summed E-state index contributed by atoms with van der Waals surface area (Å²) in [5.41, 5.74) is 7.90. The number of hydrazone groups is 1. The molecule has 0 atom stereocenters. The molecule has 0 aliphatic heterocycles. The molecular weight excluding hydrogens is 230 g/mol. The second-order valence-electron chi connectivity index (χ2n) is 3.64. The van der Waals surface area contributed by atoms with Crippen LogP contribution in [0.2, 0.25) is 0 Å². The Morgan fingerprint density at radius 3 is 2.83 bits per heavy atom. The molecule has 0 heterocycles. The summed E-state index contributed by atoms with van der Waals surface area (Å²) in [5.74, 6) is 0.684. The molecule has 0 saturated carbocycles. The van der Waals surface area contributed by atoms with Gasteiger partial charge in [0.1, 0.15) is 5.75 Å². The lowest BCUT2D eigenvalue weighted by Crippen LogP contribution is -2.24. The van der Waals surface area contributed by atoms with Crippen LogP contribution < -0.4 is 15.9 Å². The van der Waals surface area contributed by atoms with Crippen molar-refractivity contribution in [3.8, 4) is 5.75 Å². The highest BCUT2D eigenvalue weighted by atomic mass is 16.5. The highest BCUT2D eigenvalue weighted by molar-refractivity contribution is 6.02. The summed E-state index contributed by atoms with van der Waals surface area (Å²) in [7, 11) is 1.59. The molecule has 2 aromatic rings. The summed E-state index contributed by atoms with van der Waals surface area (Å²) in [6.07, 6.45) is 1.52. The molecule has 0 aliphatic rings. The molecule has 0 aromatic heterocycles. The van der Waals surface area contributed by atoms with E-state index in [4.69, 9.17) is 10.5 Å². The number of benzene rings is 2. The molecule has 2 aromatic carbocycles. The standard InChI is InChI=1S/C13H13N3O2/c1-18-12-7-6-9-4-2-3-5-10(9)11(12)8-15-16-13(14)17/h2-8H,1H3,(H3,14,16,17)/b15-8-. The minimum absolute atomic E-state index is 0.684. The second-order valence-corrected chi connectivity index (χ2v) is 3.64. The van der Waals surface area contributed by atoms with Gasteiger partial charge in [-0.05, 0) is 16.8 Å². The van der Waals surface area contributed by atoms with E-state index in [9.17, 15) is 4.79 Å². The number of hydrogen-bond acceptors (Lipinski definition) is 3. The third-order valence-corrected chi connectivity index (χ3v) is 2.52. The topological polar surface area (TPSA) is 76.7 Å². The van der Waals surface area contributed by atoms with Gasteiger partial charge < -0.3 is 10.5 Å². The van der Waals surface area contributed by atoms with Gasteiger partial charge in [-0.1, -0.05) is 30.3 Å². The molecule has 0 fully saturated rings. The third kappa shape index (κ3) is 2.40. The highest BCUT2D eigenvalue weighted by Gasteiger charge is 2.05. The third-order valence-electron chi connectivity index (χ3n) is 2.52. The fourth-order valence-corrected chi connectivity index (χ4v) is 1.75. The van der Waals surface area contributed by atoms with Crippen LogP contribution in [-0.4, -0.2) is 19.4 Å². The van der Waals surface area contributed by atoms with Gasteiger partial charge in [-0.25, -0.2) is 10.2 Å². The van der Waals surface area contributed by atoms with Crippen LogP contribution in [0.5, 0.6) is 5.75 Å². The van der Waals surface area contributed by atoms with Gasteiger partial charge in [0.05, 0.1) is 13.3 Å². The first-order chi connectivity index (χ1) is 8.72. The Labute approximate surface area is 104 Å². The highest BCUT2D eigenvalue weighted by Crippen LogP contribution is 2.26. The Morgan fingerprint density at radius 1 is 1.33 bits per heavy atom. The zero-order chi connectivity index (χ0) is 13.0. The van der Waals surface area contributed by atoms with Crippen LogP contribution in [0.3, 0.4) is 0 Å². The Balaban J connectivity index is 2.51. The molecule has 5 nitrogen and oxygen atoms in total. The summed E-state index contributed by atoms with van der Waals surface area (Å²) < 4.78 is 5.28. The molecule has 5 heteroatoms. The van der Waals surface area contributed by atoms with Crippen molar-refractivity contribution in [3.05, 3.63) is 42.0 Å². The van der Waals surface area contributed by atoms with Crippen molar-refractivity contribution in [1.82, 2.24) is 5.43 Å². The normalized spacial score (nSPS) is 10.7. The van der Waals surface area contributed by atoms with Gasteiger partial charge in [-0.2, -0.15) is 5.10 Å². The van der Waals surface area contributed by atoms with Crippen molar-refractivity contribution in [2.24, 2.45) is 10.8 Å². The molecule has 0 unspecified atom stereocenters. The van der Waals surface area contributed by atoms with E-state index >= 15 is 0 Å². The van der Waals surface area contributed by atoms with Crippen LogP contribution >= 0.6 is 0 Å². The van der Waals surface area contributed by atoms with E-state index in [2.05, 4.69) is 10.5 Å². The minimum atomic E-state index is -0.703. The number of amides is 2. The Kier molecular flexibility index (Phi) is 3.43. The fourth-order valence-electron chi connectivity index (χ4n) is 1.75. The van der Waals surface area contributed by atoms with E-state index in [1.54, 1.807) is 7.11 Å². The van der Waals surface area contributed by atoms with E-state index in [0.717, 1.165) is 16.3 Å². The Morgan fingerprint density at radius 2 is 2.11 bits per heavy atom. The number of nitrogens with two attached hydrogens (primary N) is 1. The zero-order valence-electron chi connectivity index (χ0n) is 9.88. The van der Waals surface area contributed by atoms with Gasteiger partial charge in [0.15, 0.2) is 0 Å². The average molecular weight is 243 g/mol. The number of methoxy groups -OCH3 is 1. The SMILES string of the molecule is COc1ccc2ccccc2c1/C=N\NC(N)=O. The van der Waals surface area contributed by atoms with E-state index in [1.807, 2.05) is 36.4 Å². The summed E-state index contributed by atoms with van der Waals surface area (Å²) in [4.78, 5) is 10.6. The number of primary amides is 1. The van der Waals surface area contributed by atoms with Gasteiger partial charge in [0.2, 0.25) is 0 Å². The van der Waals surface area contributed by atoms with Crippen LogP contribution in [0, 0.1) is 0 Å². The molecule has 0 aliphatic carbocycles.